The Hall–Kier alpha value is -0.690. The lowest BCUT2D eigenvalue weighted by molar-refractivity contribution is 0.405. The molecule has 0 aliphatic heterocycles. The zero-order chi connectivity index (χ0) is 14.0. The van der Waals surface area contributed by atoms with E-state index in [1.165, 1.54) is 19.2 Å². The summed E-state index contributed by atoms with van der Waals surface area (Å²) in [6.45, 7) is 0. The molecule has 0 saturated heterocycles. The second-order valence-corrected chi connectivity index (χ2v) is 6.08. The predicted octanol–water partition coefficient (Wildman–Crippen LogP) is 5.06. The van der Waals surface area contributed by atoms with E-state index >= 15 is 0 Å². The van der Waals surface area contributed by atoms with Crippen molar-refractivity contribution in [2.45, 2.75) is 4.83 Å². The van der Waals surface area contributed by atoms with Gasteiger partial charge in [0.05, 0.1) is 11.9 Å². The molecule has 2 aromatic rings. The molecule has 0 fully saturated rings. The maximum absolute atomic E-state index is 14.0. The summed E-state index contributed by atoms with van der Waals surface area (Å²) in [7, 11) is 1.37. The molecule has 2 aromatic carbocycles. The molecule has 100 valence electrons. The van der Waals surface area contributed by atoms with Gasteiger partial charge in [-0.2, -0.15) is 0 Å². The van der Waals surface area contributed by atoms with E-state index in [0.717, 1.165) is 9.13 Å². The summed E-state index contributed by atoms with van der Waals surface area (Å²) in [6, 6.07) is 9.82. The quantitative estimate of drug-likeness (QED) is 0.480. The third kappa shape index (κ3) is 3.25. The van der Waals surface area contributed by atoms with Crippen molar-refractivity contribution in [2.24, 2.45) is 0 Å². The molecule has 0 radical (unpaired) electrons. The highest BCUT2D eigenvalue weighted by Gasteiger charge is 2.20. The Bertz CT molecular complexity index is 563. The number of benzene rings is 2. The maximum atomic E-state index is 14.0. The maximum Gasteiger partial charge on any atom is 0.134 e. The van der Waals surface area contributed by atoms with E-state index in [2.05, 4.69) is 38.5 Å². The summed E-state index contributed by atoms with van der Waals surface area (Å²) in [5.41, 5.74) is 0.783. The fraction of sp³-hybridized carbons (Fsp3) is 0.143. The van der Waals surface area contributed by atoms with Gasteiger partial charge in [-0.25, -0.2) is 8.78 Å². The number of ether oxygens (including phenoxy) is 1. The van der Waals surface area contributed by atoms with Crippen LogP contribution in [0.15, 0.2) is 36.4 Å². The van der Waals surface area contributed by atoms with Gasteiger partial charge in [-0.15, -0.1) is 0 Å². The summed E-state index contributed by atoms with van der Waals surface area (Å²) in [5.74, 6) is -1.09. The van der Waals surface area contributed by atoms with E-state index in [1.54, 1.807) is 0 Å². The minimum absolute atomic E-state index is 0.0120. The van der Waals surface area contributed by atoms with Crippen molar-refractivity contribution in [3.8, 4) is 5.75 Å². The zero-order valence-electron chi connectivity index (χ0n) is 9.96. The monoisotopic (exact) mass is 438 g/mol. The van der Waals surface area contributed by atoms with Crippen LogP contribution in [0.25, 0.3) is 0 Å². The molecule has 0 aliphatic carbocycles. The van der Waals surface area contributed by atoms with Crippen molar-refractivity contribution < 1.29 is 13.5 Å². The molecule has 0 heterocycles. The average Bonchev–Trinajstić information content (AvgIpc) is 2.38. The zero-order valence-corrected chi connectivity index (χ0v) is 13.7. The Kier molecular flexibility index (Phi) is 4.78. The molecule has 0 saturated carbocycles. The predicted molar refractivity (Wildman–Crippen MR) is 82.8 cm³/mol. The fourth-order valence-corrected chi connectivity index (χ4v) is 2.82. The molecular weight excluding hydrogens is 429 g/mol. The van der Waals surface area contributed by atoms with E-state index < -0.39 is 16.5 Å². The Morgan fingerprint density at radius 3 is 2.11 bits per heavy atom. The number of hydrogen-bond donors (Lipinski definition) is 0. The highest BCUT2D eigenvalue weighted by molar-refractivity contribution is 14.1. The first kappa shape index (κ1) is 14.7. The molecule has 0 spiro atoms. The second-order valence-electron chi connectivity index (χ2n) is 3.92. The summed E-state index contributed by atoms with van der Waals surface area (Å²) < 4.78 is 33.8. The van der Waals surface area contributed by atoms with Gasteiger partial charge in [-0.3, -0.25) is 0 Å². The lowest BCUT2D eigenvalue weighted by Gasteiger charge is -2.14. The highest BCUT2D eigenvalue weighted by Crippen LogP contribution is 2.36. The van der Waals surface area contributed by atoms with Gasteiger partial charge < -0.3 is 4.74 Å². The van der Waals surface area contributed by atoms with Crippen molar-refractivity contribution in [3.05, 3.63) is 62.7 Å². The fourth-order valence-electron chi connectivity index (χ4n) is 1.72. The van der Waals surface area contributed by atoms with E-state index in [0.29, 0.717) is 0 Å². The average molecular weight is 439 g/mol. The van der Waals surface area contributed by atoms with Gasteiger partial charge in [0.15, 0.2) is 0 Å². The minimum Gasteiger partial charge on any atom is -0.497 e. The normalized spacial score (nSPS) is 12.3. The van der Waals surface area contributed by atoms with Crippen LogP contribution < -0.4 is 4.74 Å². The summed E-state index contributed by atoms with van der Waals surface area (Å²) >= 11 is 5.52. The number of methoxy groups -OCH3 is 1. The number of hydrogen-bond acceptors (Lipinski definition) is 1. The van der Waals surface area contributed by atoms with Gasteiger partial charge >= 0.3 is 0 Å². The molecule has 1 atom stereocenters. The first-order valence-corrected chi connectivity index (χ1v) is 7.45. The van der Waals surface area contributed by atoms with Crippen LogP contribution in [-0.2, 0) is 0 Å². The Balaban J connectivity index is 2.44. The van der Waals surface area contributed by atoms with Crippen LogP contribution >= 0.6 is 38.5 Å². The topological polar surface area (TPSA) is 9.23 Å². The van der Waals surface area contributed by atoms with Crippen molar-refractivity contribution in [3.63, 3.8) is 0 Å². The van der Waals surface area contributed by atoms with E-state index in [4.69, 9.17) is 4.74 Å². The third-order valence-electron chi connectivity index (χ3n) is 2.70. The summed E-state index contributed by atoms with van der Waals surface area (Å²) in [6.07, 6.45) is 0. The van der Waals surface area contributed by atoms with E-state index in [-0.39, 0.29) is 11.3 Å². The van der Waals surface area contributed by atoms with Crippen molar-refractivity contribution in [2.75, 3.05) is 7.11 Å². The second kappa shape index (κ2) is 6.17. The summed E-state index contributed by atoms with van der Waals surface area (Å²) in [5, 5.41) is 0. The largest absolute Gasteiger partial charge is 0.497 e. The first-order chi connectivity index (χ1) is 9.02. The number of alkyl halides is 1. The van der Waals surface area contributed by atoms with Crippen molar-refractivity contribution in [1.29, 1.82) is 0 Å². The van der Waals surface area contributed by atoms with Gasteiger partial charge in [0, 0.05) is 21.3 Å². The van der Waals surface area contributed by atoms with E-state index in [1.807, 2.05) is 24.3 Å². The van der Waals surface area contributed by atoms with Crippen LogP contribution in [0.1, 0.15) is 16.0 Å². The van der Waals surface area contributed by atoms with Crippen LogP contribution in [0.5, 0.6) is 5.75 Å². The van der Waals surface area contributed by atoms with Crippen LogP contribution in [0.4, 0.5) is 8.78 Å². The first-order valence-electron chi connectivity index (χ1n) is 5.45. The molecule has 0 amide bonds. The van der Waals surface area contributed by atoms with Gasteiger partial charge in [0.1, 0.15) is 17.4 Å². The Morgan fingerprint density at radius 1 is 1.11 bits per heavy atom. The molecule has 1 unspecified atom stereocenters. The molecule has 5 heteroatoms. The lowest BCUT2D eigenvalue weighted by atomic mass is 10.0. The van der Waals surface area contributed by atoms with Crippen molar-refractivity contribution in [1.82, 2.24) is 0 Å². The van der Waals surface area contributed by atoms with Crippen LogP contribution in [0.2, 0.25) is 0 Å². The summed E-state index contributed by atoms with van der Waals surface area (Å²) in [4.78, 5) is -0.532. The van der Waals surface area contributed by atoms with E-state index in [9.17, 15) is 8.78 Å². The minimum atomic E-state index is -0.628. The number of halogens is 4. The van der Waals surface area contributed by atoms with Crippen molar-refractivity contribution >= 4 is 38.5 Å². The van der Waals surface area contributed by atoms with Gasteiger partial charge in [0.25, 0.3) is 0 Å². The molecule has 19 heavy (non-hydrogen) atoms. The van der Waals surface area contributed by atoms with Gasteiger partial charge in [-0.05, 0) is 40.3 Å². The highest BCUT2D eigenvalue weighted by atomic mass is 127. The standard InChI is InChI=1S/C14H10BrF2IO/c1-19-10-6-11(16)13(12(17)7-10)14(15)8-2-4-9(18)5-3-8/h2-7,14H,1H3. The number of rotatable bonds is 3. The Labute approximate surface area is 132 Å². The Morgan fingerprint density at radius 2 is 1.63 bits per heavy atom. The molecule has 0 bridgehead atoms. The molecule has 1 nitrogen and oxygen atoms in total. The smallest absolute Gasteiger partial charge is 0.134 e. The van der Waals surface area contributed by atoms with Gasteiger partial charge in [0.2, 0.25) is 0 Å². The third-order valence-corrected chi connectivity index (χ3v) is 4.41. The molecule has 0 N–H and O–H groups in total. The van der Waals surface area contributed by atoms with Crippen LogP contribution in [-0.4, -0.2) is 7.11 Å². The molecule has 0 aromatic heterocycles. The van der Waals surface area contributed by atoms with Crippen LogP contribution in [0.3, 0.4) is 0 Å². The molecular formula is C14H10BrF2IO. The SMILES string of the molecule is COc1cc(F)c(C(Br)c2ccc(I)cc2)c(F)c1. The lowest BCUT2D eigenvalue weighted by Crippen LogP contribution is -2.01. The molecule has 0 aliphatic rings. The molecule has 2 rings (SSSR count). The van der Waals surface area contributed by atoms with Crippen LogP contribution in [0, 0.1) is 15.2 Å². The van der Waals surface area contributed by atoms with Gasteiger partial charge in [-0.1, -0.05) is 28.1 Å².